The molecule has 102 valence electrons. The molecule has 0 aliphatic carbocycles. The van der Waals surface area contributed by atoms with Crippen molar-refractivity contribution in [3.05, 3.63) is 65.2 Å². The van der Waals surface area contributed by atoms with Gasteiger partial charge in [-0.2, -0.15) is 0 Å². The maximum atomic E-state index is 12.1. The average molecular weight is 285 g/mol. The first-order chi connectivity index (χ1) is 9.59. The topological polar surface area (TPSA) is 60.2 Å². The van der Waals surface area contributed by atoms with Crippen LogP contribution in [0, 0.1) is 6.92 Å². The smallest absolute Gasteiger partial charge is 0.221 e. The number of carbonyl (C=O) groups is 2. The number of Topliss-reactive ketones (excluding diaryl/α,β-unsaturated/α-hetero) is 1. The molecule has 0 unspecified atom stereocenters. The summed E-state index contributed by atoms with van der Waals surface area (Å²) < 4.78 is 0. The van der Waals surface area contributed by atoms with Crippen LogP contribution in [0.4, 0.5) is 5.69 Å². The monoisotopic (exact) mass is 285 g/mol. The highest BCUT2D eigenvalue weighted by molar-refractivity contribution is 8.14. The first kappa shape index (κ1) is 14.3. The van der Waals surface area contributed by atoms with E-state index in [1.54, 1.807) is 30.3 Å². The van der Waals surface area contributed by atoms with Gasteiger partial charge in [0.2, 0.25) is 5.12 Å². The Labute approximate surface area is 122 Å². The first-order valence-electron chi connectivity index (χ1n) is 6.20. The van der Waals surface area contributed by atoms with Crippen molar-refractivity contribution in [2.24, 2.45) is 0 Å². The van der Waals surface area contributed by atoms with Crippen molar-refractivity contribution in [1.29, 1.82) is 0 Å². The molecule has 20 heavy (non-hydrogen) atoms. The molecular weight excluding hydrogens is 270 g/mol. The third-order valence-corrected chi connectivity index (χ3v) is 3.85. The third-order valence-electron chi connectivity index (χ3n) is 2.96. The van der Waals surface area contributed by atoms with Crippen molar-refractivity contribution in [1.82, 2.24) is 0 Å². The van der Waals surface area contributed by atoms with Crippen LogP contribution in [0.1, 0.15) is 26.3 Å². The number of carbonyl (C=O) groups excluding carboxylic acids is 2. The minimum Gasteiger partial charge on any atom is -0.398 e. The Balaban J connectivity index is 2.03. The number of nitrogen functional groups attached to an aromatic ring is 1. The van der Waals surface area contributed by atoms with E-state index in [4.69, 9.17) is 5.73 Å². The summed E-state index contributed by atoms with van der Waals surface area (Å²) in [5, 5.41) is -0.176. The number of anilines is 1. The van der Waals surface area contributed by atoms with Crippen LogP contribution in [-0.2, 0) is 0 Å². The van der Waals surface area contributed by atoms with Gasteiger partial charge in [-0.05, 0) is 24.6 Å². The fourth-order valence-electron chi connectivity index (χ4n) is 1.86. The highest BCUT2D eigenvalue weighted by Crippen LogP contribution is 2.20. The van der Waals surface area contributed by atoms with Crippen LogP contribution in [0.25, 0.3) is 0 Å². The number of aryl methyl sites for hydroxylation is 1. The molecule has 0 aliphatic rings. The van der Waals surface area contributed by atoms with Gasteiger partial charge in [0.15, 0.2) is 5.78 Å². The van der Waals surface area contributed by atoms with Gasteiger partial charge in [0, 0.05) is 11.3 Å². The Kier molecular flexibility index (Phi) is 4.58. The minimum atomic E-state index is -0.176. The molecular formula is C16H15NO2S. The maximum Gasteiger partial charge on any atom is 0.221 e. The number of hydrogen-bond acceptors (Lipinski definition) is 4. The largest absolute Gasteiger partial charge is 0.398 e. The Bertz CT molecular complexity index is 595. The van der Waals surface area contributed by atoms with Gasteiger partial charge < -0.3 is 5.73 Å². The molecule has 0 radical (unpaired) electrons. The van der Waals surface area contributed by atoms with Gasteiger partial charge in [0.25, 0.3) is 0 Å². The molecule has 0 amide bonds. The lowest BCUT2D eigenvalue weighted by Crippen LogP contribution is -2.08. The van der Waals surface area contributed by atoms with Crippen LogP contribution < -0.4 is 5.73 Å². The highest BCUT2D eigenvalue weighted by Gasteiger charge is 2.14. The second-order valence-electron chi connectivity index (χ2n) is 4.40. The average Bonchev–Trinajstić information content (AvgIpc) is 2.45. The Morgan fingerprint density at radius 3 is 2.25 bits per heavy atom. The van der Waals surface area contributed by atoms with E-state index in [9.17, 15) is 9.59 Å². The van der Waals surface area contributed by atoms with E-state index in [0.29, 0.717) is 16.8 Å². The van der Waals surface area contributed by atoms with E-state index in [1.165, 1.54) is 0 Å². The van der Waals surface area contributed by atoms with Gasteiger partial charge in [-0.15, -0.1) is 0 Å². The summed E-state index contributed by atoms with van der Waals surface area (Å²) in [5.74, 6) is 0.0776. The molecule has 0 aliphatic heterocycles. The maximum absolute atomic E-state index is 12.1. The molecule has 0 aromatic heterocycles. The predicted molar refractivity (Wildman–Crippen MR) is 83.2 cm³/mol. The second kappa shape index (κ2) is 6.39. The number of para-hydroxylation sites is 1. The Hall–Kier alpha value is -2.07. The minimum absolute atomic E-state index is 0.0454. The second-order valence-corrected chi connectivity index (χ2v) is 5.35. The van der Waals surface area contributed by atoms with Crippen molar-refractivity contribution in [2.45, 2.75) is 6.92 Å². The molecule has 4 heteroatoms. The van der Waals surface area contributed by atoms with Crippen molar-refractivity contribution in [3.63, 3.8) is 0 Å². The summed E-state index contributed by atoms with van der Waals surface area (Å²) in [6, 6.07) is 14.2. The molecule has 2 rings (SSSR count). The molecule has 0 saturated carbocycles. The van der Waals surface area contributed by atoms with Crippen molar-refractivity contribution < 1.29 is 9.59 Å². The zero-order valence-corrected chi connectivity index (χ0v) is 11.9. The standard InChI is InChI=1S/C16H15NO2S/c1-11-6-2-3-7-12(11)15(18)10-20-16(19)13-8-4-5-9-14(13)17/h2-9H,10,17H2,1H3. The van der Waals surface area contributed by atoms with E-state index < -0.39 is 0 Å². The van der Waals surface area contributed by atoms with Gasteiger partial charge in [-0.25, -0.2) is 0 Å². The predicted octanol–water partition coefficient (Wildman–Crippen LogP) is 3.33. The van der Waals surface area contributed by atoms with Crippen molar-refractivity contribution >= 4 is 28.3 Å². The van der Waals surface area contributed by atoms with Crippen LogP contribution in [0.15, 0.2) is 48.5 Å². The van der Waals surface area contributed by atoms with E-state index in [2.05, 4.69) is 0 Å². The molecule has 0 atom stereocenters. The molecule has 2 aromatic rings. The summed E-state index contributed by atoms with van der Waals surface area (Å²) in [7, 11) is 0. The number of thioether (sulfide) groups is 1. The fraction of sp³-hybridized carbons (Fsp3) is 0.125. The number of benzene rings is 2. The SMILES string of the molecule is Cc1ccccc1C(=O)CSC(=O)c1ccccc1N. The number of hydrogen-bond donors (Lipinski definition) is 1. The van der Waals surface area contributed by atoms with Crippen molar-refractivity contribution in [2.75, 3.05) is 11.5 Å². The molecule has 2 N–H and O–H groups in total. The van der Waals surface area contributed by atoms with Gasteiger partial charge in [0.1, 0.15) is 0 Å². The molecule has 0 saturated heterocycles. The van der Waals surface area contributed by atoms with Gasteiger partial charge in [-0.3, -0.25) is 9.59 Å². The molecule has 0 heterocycles. The van der Waals surface area contributed by atoms with E-state index in [1.807, 2.05) is 25.1 Å². The lowest BCUT2D eigenvalue weighted by Gasteiger charge is -2.05. The van der Waals surface area contributed by atoms with Crippen LogP contribution in [0.2, 0.25) is 0 Å². The zero-order chi connectivity index (χ0) is 14.5. The Morgan fingerprint density at radius 2 is 1.60 bits per heavy atom. The summed E-state index contributed by atoms with van der Waals surface area (Å²) in [4.78, 5) is 24.1. The summed E-state index contributed by atoms with van der Waals surface area (Å²) >= 11 is 0.987. The summed E-state index contributed by atoms with van der Waals surface area (Å²) in [5.41, 5.74) is 8.22. The number of ketones is 1. The van der Waals surface area contributed by atoms with Gasteiger partial charge in [0.05, 0.1) is 11.3 Å². The van der Waals surface area contributed by atoms with Gasteiger partial charge >= 0.3 is 0 Å². The number of nitrogens with two attached hydrogens (primary N) is 1. The lowest BCUT2D eigenvalue weighted by atomic mass is 10.1. The zero-order valence-electron chi connectivity index (χ0n) is 11.1. The van der Waals surface area contributed by atoms with Crippen LogP contribution in [0.5, 0.6) is 0 Å². The molecule has 0 bridgehead atoms. The first-order valence-corrected chi connectivity index (χ1v) is 7.18. The Morgan fingerprint density at radius 1 is 1.00 bits per heavy atom. The molecule has 0 spiro atoms. The molecule has 3 nitrogen and oxygen atoms in total. The molecule has 0 fully saturated rings. The summed E-state index contributed by atoms with van der Waals surface area (Å²) in [6.45, 7) is 1.88. The normalized spacial score (nSPS) is 10.2. The lowest BCUT2D eigenvalue weighted by molar-refractivity contribution is 0.101. The van der Waals surface area contributed by atoms with E-state index >= 15 is 0 Å². The quantitative estimate of drug-likeness (QED) is 0.691. The van der Waals surface area contributed by atoms with Crippen LogP contribution >= 0.6 is 11.8 Å². The molecule has 2 aromatic carbocycles. The van der Waals surface area contributed by atoms with E-state index in [-0.39, 0.29) is 16.7 Å². The fourth-order valence-corrected chi connectivity index (χ4v) is 2.61. The third kappa shape index (κ3) is 3.27. The van der Waals surface area contributed by atoms with Crippen molar-refractivity contribution in [3.8, 4) is 0 Å². The number of rotatable bonds is 4. The van der Waals surface area contributed by atoms with E-state index in [0.717, 1.165) is 17.3 Å². The van der Waals surface area contributed by atoms with Crippen LogP contribution in [0.3, 0.4) is 0 Å². The van der Waals surface area contributed by atoms with Crippen LogP contribution in [-0.4, -0.2) is 16.7 Å². The summed E-state index contributed by atoms with van der Waals surface area (Å²) in [6.07, 6.45) is 0. The highest BCUT2D eigenvalue weighted by atomic mass is 32.2. The van der Waals surface area contributed by atoms with Gasteiger partial charge in [-0.1, -0.05) is 48.2 Å².